The van der Waals surface area contributed by atoms with Crippen LogP contribution >= 0.6 is 0 Å². The van der Waals surface area contributed by atoms with Crippen LogP contribution in [0, 0.1) is 17.8 Å². The van der Waals surface area contributed by atoms with Crippen LogP contribution in [-0.4, -0.2) is 0 Å². The summed E-state index contributed by atoms with van der Waals surface area (Å²) in [7, 11) is 0. The average molecular weight is 172 g/mol. The van der Waals surface area contributed by atoms with Crippen LogP contribution in [0.2, 0.25) is 0 Å². The predicted octanol–water partition coefficient (Wildman–Crippen LogP) is 3.45. The number of rotatable bonds is 1. The molecule has 0 N–H and O–H groups in total. The van der Waals surface area contributed by atoms with E-state index in [0.29, 0.717) is 11.8 Å². The van der Waals surface area contributed by atoms with Crippen molar-refractivity contribution in [1.82, 2.24) is 0 Å². The normalized spacial score (nSPS) is 12.0. The minimum Gasteiger partial charge on any atom is -0.0999 e. The van der Waals surface area contributed by atoms with Crippen LogP contribution in [0.15, 0.2) is 30.3 Å². The maximum Gasteiger partial charge on any atom is 0.0424 e. The zero-order valence-corrected chi connectivity index (χ0v) is 8.54. The lowest BCUT2D eigenvalue weighted by Crippen LogP contribution is -1.89. The Morgan fingerprint density at radius 2 is 1.54 bits per heavy atom. The van der Waals surface area contributed by atoms with E-state index in [2.05, 4.69) is 56.9 Å². The Hall–Kier alpha value is -1.22. The third kappa shape index (κ3) is 3.34. The molecule has 0 nitrogen and oxygen atoms in total. The second-order valence-electron chi connectivity index (χ2n) is 3.58. The largest absolute Gasteiger partial charge is 0.0999 e. The maximum absolute atomic E-state index is 3.25. The molecule has 0 bridgehead atoms. The van der Waals surface area contributed by atoms with Crippen LogP contribution in [0.5, 0.6) is 0 Å². The van der Waals surface area contributed by atoms with Crippen LogP contribution in [0.3, 0.4) is 0 Å². The minimum atomic E-state index is 0.351. The zero-order valence-electron chi connectivity index (χ0n) is 8.54. The second kappa shape index (κ2) is 4.72. The van der Waals surface area contributed by atoms with Crippen molar-refractivity contribution >= 4 is 0 Å². The molecule has 0 fully saturated rings. The first-order valence-electron chi connectivity index (χ1n) is 4.76. The van der Waals surface area contributed by atoms with E-state index in [0.717, 1.165) is 0 Å². The van der Waals surface area contributed by atoms with E-state index in [1.54, 1.807) is 0 Å². The Labute approximate surface area is 81.0 Å². The van der Waals surface area contributed by atoms with Gasteiger partial charge in [0.15, 0.2) is 0 Å². The van der Waals surface area contributed by atoms with Crippen LogP contribution < -0.4 is 0 Å². The van der Waals surface area contributed by atoms with Gasteiger partial charge in [0.25, 0.3) is 0 Å². The van der Waals surface area contributed by atoms with Crippen molar-refractivity contribution in [1.29, 1.82) is 0 Å². The quantitative estimate of drug-likeness (QED) is 0.569. The van der Waals surface area contributed by atoms with Gasteiger partial charge in [-0.3, -0.25) is 0 Å². The summed E-state index contributed by atoms with van der Waals surface area (Å²) in [5, 5.41) is 0. The molecule has 0 heteroatoms. The molecule has 0 saturated heterocycles. The van der Waals surface area contributed by atoms with E-state index in [-0.39, 0.29) is 0 Å². The van der Waals surface area contributed by atoms with Crippen molar-refractivity contribution in [3.05, 3.63) is 35.9 Å². The highest BCUT2D eigenvalue weighted by atomic mass is 14.0. The smallest absolute Gasteiger partial charge is 0.0424 e. The molecule has 1 unspecified atom stereocenters. The molecule has 0 amide bonds. The number of hydrogen-bond acceptors (Lipinski definition) is 0. The Morgan fingerprint density at radius 1 is 0.923 bits per heavy atom. The van der Waals surface area contributed by atoms with Gasteiger partial charge in [-0.25, -0.2) is 0 Å². The molecule has 0 aliphatic rings. The molecule has 1 rings (SSSR count). The molecule has 0 aliphatic heterocycles. The SMILES string of the molecule is CC(C)C#CC(C)c1ccccc1. The lowest BCUT2D eigenvalue weighted by Gasteiger charge is -2.03. The topological polar surface area (TPSA) is 0 Å². The molecule has 1 aromatic carbocycles. The van der Waals surface area contributed by atoms with Gasteiger partial charge in [-0.15, -0.1) is 0 Å². The third-order valence-corrected chi connectivity index (χ3v) is 1.89. The van der Waals surface area contributed by atoms with Crippen LogP contribution in [0.4, 0.5) is 0 Å². The fourth-order valence-corrected chi connectivity index (χ4v) is 1.12. The summed E-state index contributed by atoms with van der Waals surface area (Å²) in [6.07, 6.45) is 0. The van der Waals surface area contributed by atoms with E-state index >= 15 is 0 Å². The monoisotopic (exact) mass is 172 g/mol. The first-order valence-corrected chi connectivity index (χ1v) is 4.76. The Balaban J connectivity index is 2.71. The molecule has 1 aromatic rings. The van der Waals surface area contributed by atoms with E-state index < -0.39 is 0 Å². The molecule has 13 heavy (non-hydrogen) atoms. The van der Waals surface area contributed by atoms with Crippen molar-refractivity contribution in [3.63, 3.8) is 0 Å². The van der Waals surface area contributed by atoms with Crippen LogP contribution in [0.1, 0.15) is 32.3 Å². The van der Waals surface area contributed by atoms with Gasteiger partial charge in [0.2, 0.25) is 0 Å². The highest BCUT2D eigenvalue weighted by molar-refractivity contribution is 5.26. The van der Waals surface area contributed by atoms with Gasteiger partial charge >= 0.3 is 0 Å². The first-order chi connectivity index (χ1) is 6.20. The predicted molar refractivity (Wildman–Crippen MR) is 57.5 cm³/mol. The molecule has 0 aromatic heterocycles. The Kier molecular flexibility index (Phi) is 3.58. The number of hydrogen-bond donors (Lipinski definition) is 0. The standard InChI is InChI=1S/C13H16/c1-11(2)9-10-12(3)13-7-5-4-6-8-13/h4-8,11-12H,1-3H3. The van der Waals surface area contributed by atoms with Crippen molar-refractivity contribution < 1.29 is 0 Å². The van der Waals surface area contributed by atoms with Crippen molar-refractivity contribution in [2.75, 3.05) is 0 Å². The molecule has 0 spiro atoms. The molecule has 0 saturated carbocycles. The molecule has 1 atom stereocenters. The summed E-state index contributed by atoms with van der Waals surface area (Å²) >= 11 is 0. The fraction of sp³-hybridized carbons (Fsp3) is 0.385. The summed E-state index contributed by atoms with van der Waals surface area (Å²) in [5.74, 6) is 7.26. The molecule has 68 valence electrons. The van der Waals surface area contributed by atoms with Crippen molar-refractivity contribution in [2.45, 2.75) is 26.7 Å². The van der Waals surface area contributed by atoms with E-state index in [4.69, 9.17) is 0 Å². The van der Waals surface area contributed by atoms with Gasteiger partial charge in [-0.05, 0) is 12.5 Å². The summed E-state index contributed by atoms with van der Waals surface area (Å²) in [5.41, 5.74) is 1.30. The van der Waals surface area contributed by atoms with Gasteiger partial charge in [-0.1, -0.05) is 56.0 Å². The molecule has 0 aliphatic carbocycles. The lowest BCUT2D eigenvalue weighted by atomic mass is 10.0. The van der Waals surface area contributed by atoms with Gasteiger partial charge in [0, 0.05) is 11.8 Å². The molecule has 0 radical (unpaired) electrons. The van der Waals surface area contributed by atoms with Crippen molar-refractivity contribution in [3.8, 4) is 11.8 Å². The van der Waals surface area contributed by atoms with Crippen LogP contribution in [-0.2, 0) is 0 Å². The highest BCUT2D eigenvalue weighted by Crippen LogP contribution is 2.12. The molecular formula is C13H16. The van der Waals surface area contributed by atoms with Gasteiger partial charge in [0.05, 0.1) is 0 Å². The average Bonchev–Trinajstić information content (AvgIpc) is 2.15. The highest BCUT2D eigenvalue weighted by Gasteiger charge is 1.98. The summed E-state index contributed by atoms with van der Waals surface area (Å²) in [6, 6.07) is 10.4. The van der Waals surface area contributed by atoms with Gasteiger partial charge in [0.1, 0.15) is 0 Å². The second-order valence-corrected chi connectivity index (χ2v) is 3.58. The lowest BCUT2D eigenvalue weighted by molar-refractivity contribution is 0.860. The van der Waals surface area contributed by atoms with Gasteiger partial charge in [-0.2, -0.15) is 0 Å². The Morgan fingerprint density at radius 3 is 2.08 bits per heavy atom. The number of benzene rings is 1. The van der Waals surface area contributed by atoms with E-state index in [9.17, 15) is 0 Å². The van der Waals surface area contributed by atoms with Crippen molar-refractivity contribution in [2.24, 2.45) is 5.92 Å². The fourth-order valence-electron chi connectivity index (χ4n) is 1.12. The molecule has 0 heterocycles. The summed E-state index contributed by atoms with van der Waals surface area (Å²) in [6.45, 7) is 6.38. The summed E-state index contributed by atoms with van der Waals surface area (Å²) in [4.78, 5) is 0. The minimum absolute atomic E-state index is 0.351. The molecular weight excluding hydrogens is 156 g/mol. The zero-order chi connectivity index (χ0) is 9.68. The maximum atomic E-state index is 3.25. The van der Waals surface area contributed by atoms with Crippen LogP contribution in [0.25, 0.3) is 0 Å². The van der Waals surface area contributed by atoms with E-state index in [1.807, 2.05) is 6.07 Å². The third-order valence-electron chi connectivity index (χ3n) is 1.89. The first kappa shape index (κ1) is 9.86. The Bertz CT molecular complexity index is 298. The van der Waals surface area contributed by atoms with E-state index in [1.165, 1.54) is 5.56 Å². The van der Waals surface area contributed by atoms with Gasteiger partial charge < -0.3 is 0 Å². The summed E-state index contributed by atoms with van der Waals surface area (Å²) < 4.78 is 0.